The lowest BCUT2D eigenvalue weighted by atomic mass is 9.87. The third-order valence-corrected chi connectivity index (χ3v) is 13.2. The summed E-state index contributed by atoms with van der Waals surface area (Å²) in [5.41, 5.74) is 7.61. The average molecular weight is 813 g/mol. The third-order valence-electron chi connectivity index (χ3n) is 13.2. The molecule has 2 aromatic heterocycles. The van der Waals surface area contributed by atoms with Gasteiger partial charge in [0.2, 0.25) is 11.8 Å². The lowest BCUT2D eigenvalue weighted by Gasteiger charge is -2.39. The minimum atomic E-state index is -0.560. The van der Waals surface area contributed by atoms with E-state index >= 15 is 4.39 Å². The number of hydrogen-bond acceptors (Lipinski definition) is 9. The van der Waals surface area contributed by atoms with Crippen LogP contribution in [-0.2, 0) is 23.7 Å². The summed E-state index contributed by atoms with van der Waals surface area (Å²) in [5, 5.41) is 18.1. The standard InChI is InChI=1S/C45H49FN10O4/c1-27-19-33-37(51(3)44(27)59)21-31(22-39(33)55-18-17-50(2)36-6-5-28(25-47)20-40(36)55)29-9-14-54(15-10-29)42(58)26-53-12-7-30(8-13-53)32-24-38-34(23-35(32)46)43(49-52(38)4)56-16-11-41(57)48-45(56)60/h5-6,19-24,29-30H,7-18,26H2,1-4H3,(H,48,57,60). The largest absolute Gasteiger partial charge is 0.371 e. The first-order valence-corrected chi connectivity index (χ1v) is 20.8. The van der Waals surface area contributed by atoms with Gasteiger partial charge in [-0.25, -0.2) is 9.18 Å². The molecule has 0 radical (unpaired) electrons. The van der Waals surface area contributed by atoms with Crippen LogP contribution in [0.4, 0.5) is 32.1 Å². The number of nitrogens with zero attached hydrogens (tertiary/aromatic N) is 9. The van der Waals surface area contributed by atoms with Crippen molar-refractivity contribution in [2.45, 2.75) is 50.9 Å². The van der Waals surface area contributed by atoms with Gasteiger partial charge in [-0.3, -0.25) is 34.2 Å². The molecule has 0 aliphatic carbocycles. The molecule has 0 spiro atoms. The summed E-state index contributed by atoms with van der Waals surface area (Å²) in [6.07, 6.45) is 3.17. The number of aromatic nitrogens is 3. The number of fused-ring (bicyclic) bond motifs is 3. The summed E-state index contributed by atoms with van der Waals surface area (Å²) in [7, 11) is 5.66. The number of halogens is 1. The fourth-order valence-corrected chi connectivity index (χ4v) is 9.76. The number of rotatable bonds is 6. The highest BCUT2D eigenvalue weighted by Gasteiger charge is 2.32. The maximum Gasteiger partial charge on any atom is 0.329 e. The Balaban J connectivity index is 0.869. The van der Waals surface area contributed by atoms with E-state index in [2.05, 4.69) is 50.4 Å². The van der Waals surface area contributed by atoms with Crippen molar-refractivity contribution in [3.63, 3.8) is 0 Å². The van der Waals surface area contributed by atoms with E-state index in [9.17, 15) is 24.4 Å². The van der Waals surface area contributed by atoms with Crippen molar-refractivity contribution in [2.24, 2.45) is 14.1 Å². The van der Waals surface area contributed by atoms with E-state index in [0.29, 0.717) is 79.0 Å². The molecule has 9 rings (SSSR count). The number of likely N-dealkylation sites (N-methyl/N-ethyl adjacent to an activating group) is 1. The molecule has 3 saturated heterocycles. The van der Waals surface area contributed by atoms with E-state index in [1.54, 1.807) is 16.3 Å². The Morgan fingerprint density at radius 1 is 0.817 bits per heavy atom. The second-order valence-corrected chi connectivity index (χ2v) is 16.9. The van der Waals surface area contributed by atoms with E-state index in [-0.39, 0.29) is 48.0 Å². The topological polar surface area (TPSA) is 143 Å². The van der Waals surface area contributed by atoms with Gasteiger partial charge >= 0.3 is 6.03 Å². The number of nitrogens with one attached hydrogen (secondary N) is 1. The van der Waals surface area contributed by atoms with Crippen LogP contribution in [0.1, 0.15) is 66.2 Å². The van der Waals surface area contributed by atoms with Crippen LogP contribution < -0.4 is 25.6 Å². The van der Waals surface area contributed by atoms with Crippen molar-refractivity contribution in [2.75, 3.05) is 74.1 Å². The number of amides is 4. The second-order valence-electron chi connectivity index (χ2n) is 16.9. The molecule has 4 aliphatic heterocycles. The van der Waals surface area contributed by atoms with E-state index in [1.807, 2.05) is 49.2 Å². The molecule has 15 heteroatoms. The number of piperidine rings is 2. The maximum atomic E-state index is 15.8. The van der Waals surface area contributed by atoms with Crippen LogP contribution in [0.3, 0.4) is 0 Å². The van der Waals surface area contributed by atoms with E-state index in [1.165, 1.54) is 11.0 Å². The molecular formula is C45H49FN10O4. The van der Waals surface area contributed by atoms with Crippen LogP contribution in [0.2, 0.25) is 0 Å². The first-order valence-electron chi connectivity index (χ1n) is 20.8. The van der Waals surface area contributed by atoms with Crippen molar-refractivity contribution < 1.29 is 18.8 Å². The molecule has 3 aromatic carbocycles. The average Bonchev–Trinajstić information content (AvgIpc) is 3.56. The molecule has 310 valence electrons. The molecule has 0 bridgehead atoms. The molecule has 5 aromatic rings. The van der Waals surface area contributed by atoms with Crippen molar-refractivity contribution in [3.05, 3.63) is 87.0 Å². The van der Waals surface area contributed by atoms with E-state index < -0.39 is 6.03 Å². The van der Waals surface area contributed by atoms with Crippen molar-refractivity contribution in [1.82, 2.24) is 29.5 Å². The normalized spacial score (nSPS) is 18.3. The predicted octanol–water partition coefficient (Wildman–Crippen LogP) is 5.36. The smallest absolute Gasteiger partial charge is 0.329 e. The first-order chi connectivity index (χ1) is 28.9. The van der Waals surface area contributed by atoms with Gasteiger partial charge in [0, 0.05) is 76.6 Å². The first kappa shape index (κ1) is 39.2. The molecule has 0 atom stereocenters. The molecule has 4 amide bonds. The number of urea groups is 1. The van der Waals surface area contributed by atoms with E-state index in [4.69, 9.17) is 0 Å². The van der Waals surface area contributed by atoms with Crippen molar-refractivity contribution in [3.8, 4) is 6.07 Å². The number of likely N-dealkylation sites (tertiary alicyclic amines) is 2. The molecule has 0 saturated carbocycles. The number of pyridine rings is 1. The molecule has 4 aliphatic rings. The number of carbonyl (C=O) groups is 3. The van der Waals surface area contributed by atoms with Crippen LogP contribution >= 0.6 is 0 Å². The molecule has 60 heavy (non-hydrogen) atoms. The predicted molar refractivity (Wildman–Crippen MR) is 229 cm³/mol. The van der Waals surface area contributed by atoms with Gasteiger partial charge in [-0.2, -0.15) is 10.4 Å². The summed E-state index contributed by atoms with van der Waals surface area (Å²) in [6.45, 7) is 6.50. The minimum Gasteiger partial charge on any atom is -0.371 e. The zero-order chi connectivity index (χ0) is 42.0. The third kappa shape index (κ3) is 6.92. The number of anilines is 4. The lowest BCUT2D eigenvalue weighted by molar-refractivity contribution is -0.133. The Labute approximate surface area is 347 Å². The van der Waals surface area contributed by atoms with Crippen molar-refractivity contribution >= 4 is 62.5 Å². The molecular weight excluding hydrogens is 764 g/mol. The summed E-state index contributed by atoms with van der Waals surface area (Å²) in [4.78, 5) is 61.2. The monoisotopic (exact) mass is 812 g/mol. The Morgan fingerprint density at radius 3 is 2.30 bits per heavy atom. The Bertz CT molecular complexity index is 2680. The lowest BCUT2D eigenvalue weighted by Crippen LogP contribution is -2.49. The number of carbonyl (C=O) groups excluding carboxylic acids is 3. The van der Waals surface area contributed by atoms with Gasteiger partial charge in [0.05, 0.1) is 46.3 Å². The highest BCUT2D eigenvalue weighted by Crippen LogP contribution is 2.43. The van der Waals surface area contributed by atoms with Crippen LogP contribution in [0.5, 0.6) is 0 Å². The zero-order valence-electron chi connectivity index (χ0n) is 34.5. The van der Waals surface area contributed by atoms with Gasteiger partial charge in [-0.1, -0.05) is 0 Å². The molecule has 14 nitrogen and oxygen atoms in total. The zero-order valence-corrected chi connectivity index (χ0v) is 34.5. The quantitative estimate of drug-likeness (QED) is 0.240. The number of nitriles is 1. The fourth-order valence-electron chi connectivity index (χ4n) is 9.76. The van der Waals surface area contributed by atoms with Crippen LogP contribution in [0.25, 0.3) is 21.8 Å². The highest BCUT2D eigenvalue weighted by molar-refractivity contribution is 6.09. The maximum absolute atomic E-state index is 15.8. The van der Waals surface area contributed by atoms with Crippen LogP contribution in [0, 0.1) is 24.1 Å². The summed E-state index contributed by atoms with van der Waals surface area (Å²) >= 11 is 0. The van der Waals surface area contributed by atoms with Gasteiger partial charge in [-0.15, -0.1) is 0 Å². The number of aryl methyl sites for hydroxylation is 3. The van der Waals surface area contributed by atoms with Crippen molar-refractivity contribution in [1.29, 1.82) is 5.26 Å². The number of imide groups is 1. The minimum absolute atomic E-state index is 0.0197. The number of hydrogen-bond donors (Lipinski definition) is 1. The Kier molecular flexibility index (Phi) is 10.1. The van der Waals surface area contributed by atoms with Gasteiger partial charge in [0.15, 0.2) is 5.82 Å². The Hall–Kier alpha value is -6.27. The molecule has 6 heterocycles. The van der Waals surface area contributed by atoms with Crippen LogP contribution in [0.15, 0.2) is 53.3 Å². The summed E-state index contributed by atoms with van der Waals surface area (Å²) < 4.78 is 19.1. The van der Waals surface area contributed by atoms with E-state index in [0.717, 1.165) is 59.5 Å². The Morgan fingerprint density at radius 2 is 1.57 bits per heavy atom. The van der Waals surface area contributed by atoms with Gasteiger partial charge < -0.3 is 19.3 Å². The van der Waals surface area contributed by atoms with Gasteiger partial charge in [-0.05, 0) is 117 Å². The summed E-state index contributed by atoms with van der Waals surface area (Å²) in [5.74, 6) is -0.0764. The van der Waals surface area contributed by atoms with Crippen LogP contribution in [-0.4, -0.2) is 101 Å². The van der Waals surface area contributed by atoms with Gasteiger partial charge in [0.1, 0.15) is 5.82 Å². The number of benzene rings is 3. The molecule has 1 N–H and O–H groups in total. The fraction of sp³-hybridized carbons (Fsp3) is 0.422. The molecule has 3 fully saturated rings. The van der Waals surface area contributed by atoms with Gasteiger partial charge in [0.25, 0.3) is 5.56 Å². The SMILES string of the molecule is Cc1cc2c(N3CCN(C)c4ccc(C#N)cc43)cc(C3CCN(C(=O)CN4CCC(c5cc6c(cc5F)c(N5CCC(=O)NC5=O)nn6C)CC4)CC3)cc2n(C)c1=O. The second kappa shape index (κ2) is 15.4. The molecule has 0 unspecified atom stereocenters. The highest BCUT2D eigenvalue weighted by atomic mass is 19.1. The summed E-state index contributed by atoms with van der Waals surface area (Å²) in [6, 6.07) is 17.2.